The van der Waals surface area contributed by atoms with E-state index in [0.29, 0.717) is 19.3 Å². The third-order valence-corrected chi connectivity index (χ3v) is 7.06. The Labute approximate surface area is 214 Å². The van der Waals surface area contributed by atoms with Gasteiger partial charge in [-0.3, -0.25) is 9.59 Å². The molecule has 0 radical (unpaired) electrons. The molecule has 0 aromatic rings. The van der Waals surface area contributed by atoms with Crippen LogP contribution in [0.5, 0.6) is 0 Å². The molecule has 1 heterocycles. The van der Waals surface area contributed by atoms with Crippen LogP contribution in [0.3, 0.4) is 0 Å². The van der Waals surface area contributed by atoms with Crippen LogP contribution < -0.4 is 5.32 Å². The van der Waals surface area contributed by atoms with Crippen molar-refractivity contribution in [1.29, 1.82) is 0 Å². The fourth-order valence-corrected chi connectivity index (χ4v) is 4.90. The zero-order valence-electron chi connectivity index (χ0n) is 23.0. The number of carbonyl (C=O) groups excluding carboxylic acids is 3. The molecule has 1 amide bonds. The molecule has 0 aliphatic carbocycles. The van der Waals surface area contributed by atoms with Gasteiger partial charge in [-0.15, -0.1) is 0 Å². The molecule has 35 heavy (non-hydrogen) atoms. The maximum atomic E-state index is 12.9. The summed E-state index contributed by atoms with van der Waals surface area (Å²) in [7, 11) is 0. The SMILES string of the molecule is CCCCCCCCCCC[C@H](C[C@H]1OC(=O)[C@H]1CCCCCC)OC(=O)[C@@H](CC(C)C)NC=O. The highest BCUT2D eigenvalue weighted by Gasteiger charge is 2.43. The van der Waals surface area contributed by atoms with Crippen molar-refractivity contribution in [1.82, 2.24) is 5.32 Å². The molecule has 6 nitrogen and oxygen atoms in total. The lowest BCUT2D eigenvalue weighted by Crippen LogP contribution is -2.48. The molecule has 1 N–H and O–H groups in total. The second kappa shape index (κ2) is 19.6. The molecule has 1 aliphatic heterocycles. The van der Waals surface area contributed by atoms with Crippen molar-refractivity contribution >= 4 is 18.3 Å². The Bertz CT molecular complexity index is 579. The third-order valence-electron chi connectivity index (χ3n) is 7.06. The van der Waals surface area contributed by atoms with Gasteiger partial charge in [0.2, 0.25) is 6.41 Å². The average molecular weight is 496 g/mol. The number of ether oxygens (including phenoxy) is 2. The fourth-order valence-electron chi connectivity index (χ4n) is 4.90. The van der Waals surface area contributed by atoms with Crippen molar-refractivity contribution in [3.8, 4) is 0 Å². The number of amides is 1. The Morgan fingerprint density at radius 1 is 0.943 bits per heavy atom. The number of esters is 2. The van der Waals surface area contributed by atoms with Gasteiger partial charge in [0.25, 0.3) is 0 Å². The topological polar surface area (TPSA) is 81.7 Å². The molecule has 0 aromatic heterocycles. The first-order chi connectivity index (χ1) is 16.9. The van der Waals surface area contributed by atoms with Crippen molar-refractivity contribution in [2.45, 2.75) is 155 Å². The summed E-state index contributed by atoms with van der Waals surface area (Å²) in [4.78, 5) is 36.0. The molecule has 0 saturated carbocycles. The minimum Gasteiger partial charge on any atom is -0.461 e. The molecule has 1 fully saturated rings. The van der Waals surface area contributed by atoms with E-state index in [9.17, 15) is 14.4 Å². The first-order valence-corrected chi connectivity index (χ1v) is 14.5. The summed E-state index contributed by atoms with van der Waals surface area (Å²) in [5, 5.41) is 2.62. The summed E-state index contributed by atoms with van der Waals surface area (Å²) < 4.78 is 11.4. The highest BCUT2D eigenvalue weighted by molar-refractivity contribution is 5.79. The number of hydrogen-bond acceptors (Lipinski definition) is 5. The van der Waals surface area contributed by atoms with E-state index in [1.165, 1.54) is 57.8 Å². The molecule has 0 unspecified atom stereocenters. The first kappa shape index (κ1) is 31.4. The molecule has 4 atom stereocenters. The smallest absolute Gasteiger partial charge is 0.328 e. The van der Waals surface area contributed by atoms with Crippen LogP contribution in [-0.4, -0.2) is 36.6 Å². The molecular weight excluding hydrogens is 442 g/mol. The minimum atomic E-state index is -0.632. The molecule has 0 aromatic carbocycles. The minimum absolute atomic E-state index is 0.0734. The normalized spacial score (nSPS) is 19.1. The summed E-state index contributed by atoms with van der Waals surface area (Å²) in [5.74, 6) is -0.302. The fraction of sp³-hybridized carbons (Fsp3) is 0.897. The Morgan fingerprint density at radius 3 is 2.06 bits per heavy atom. The second-order valence-corrected chi connectivity index (χ2v) is 10.8. The van der Waals surface area contributed by atoms with Gasteiger partial charge in [-0.2, -0.15) is 0 Å². The maximum Gasteiger partial charge on any atom is 0.328 e. The van der Waals surface area contributed by atoms with Crippen molar-refractivity contribution < 1.29 is 23.9 Å². The Hall–Kier alpha value is -1.59. The average Bonchev–Trinajstić information content (AvgIpc) is 2.81. The number of unbranched alkanes of at least 4 members (excludes halogenated alkanes) is 11. The summed E-state index contributed by atoms with van der Waals surface area (Å²) >= 11 is 0. The van der Waals surface area contributed by atoms with Gasteiger partial charge in [-0.05, 0) is 31.6 Å². The van der Waals surface area contributed by atoms with Crippen LogP contribution in [0, 0.1) is 11.8 Å². The number of cyclic esters (lactones) is 1. The largest absolute Gasteiger partial charge is 0.461 e. The van der Waals surface area contributed by atoms with Gasteiger partial charge in [0, 0.05) is 6.42 Å². The lowest BCUT2D eigenvalue weighted by molar-refractivity contribution is -0.190. The molecule has 1 aliphatic rings. The molecular formula is C29H53NO5. The van der Waals surface area contributed by atoms with Crippen LogP contribution in [-0.2, 0) is 23.9 Å². The zero-order valence-corrected chi connectivity index (χ0v) is 23.0. The van der Waals surface area contributed by atoms with Crippen molar-refractivity contribution in [3.05, 3.63) is 0 Å². The number of rotatable bonds is 23. The predicted molar refractivity (Wildman–Crippen MR) is 141 cm³/mol. The van der Waals surface area contributed by atoms with Crippen LogP contribution in [0.15, 0.2) is 0 Å². The van der Waals surface area contributed by atoms with Crippen LogP contribution >= 0.6 is 0 Å². The van der Waals surface area contributed by atoms with E-state index in [4.69, 9.17) is 9.47 Å². The number of nitrogens with one attached hydrogen (secondary N) is 1. The van der Waals surface area contributed by atoms with Crippen LogP contribution in [0.2, 0.25) is 0 Å². The lowest BCUT2D eigenvalue weighted by Gasteiger charge is -2.37. The van der Waals surface area contributed by atoms with Gasteiger partial charge >= 0.3 is 11.9 Å². The Balaban J connectivity index is 2.58. The first-order valence-electron chi connectivity index (χ1n) is 14.5. The monoisotopic (exact) mass is 495 g/mol. The summed E-state index contributed by atoms with van der Waals surface area (Å²) in [6.45, 7) is 8.45. The Kier molecular flexibility index (Phi) is 17.6. The summed E-state index contributed by atoms with van der Waals surface area (Å²) in [5.41, 5.74) is 0. The molecule has 0 spiro atoms. The number of carbonyl (C=O) groups is 3. The molecule has 1 rings (SSSR count). The second-order valence-electron chi connectivity index (χ2n) is 10.8. The van der Waals surface area contributed by atoms with E-state index >= 15 is 0 Å². The highest BCUT2D eigenvalue weighted by atomic mass is 16.6. The van der Waals surface area contributed by atoms with Gasteiger partial charge in [-0.1, -0.05) is 105 Å². The maximum absolute atomic E-state index is 12.9. The highest BCUT2D eigenvalue weighted by Crippen LogP contribution is 2.32. The van der Waals surface area contributed by atoms with Crippen LogP contribution in [0.4, 0.5) is 0 Å². The molecule has 1 saturated heterocycles. The summed E-state index contributed by atoms with van der Waals surface area (Å²) in [6, 6.07) is -0.632. The summed E-state index contributed by atoms with van der Waals surface area (Å²) in [6.07, 6.45) is 18.5. The Morgan fingerprint density at radius 2 is 1.51 bits per heavy atom. The van der Waals surface area contributed by atoms with Crippen molar-refractivity contribution in [2.24, 2.45) is 11.8 Å². The zero-order chi connectivity index (χ0) is 25.9. The molecule has 204 valence electrons. The van der Waals surface area contributed by atoms with E-state index in [1.54, 1.807) is 0 Å². The van der Waals surface area contributed by atoms with Gasteiger partial charge in [0.15, 0.2) is 0 Å². The van der Waals surface area contributed by atoms with E-state index < -0.39 is 6.04 Å². The number of hydrogen-bond donors (Lipinski definition) is 1. The van der Waals surface area contributed by atoms with Gasteiger partial charge in [-0.25, -0.2) is 4.79 Å². The molecule has 6 heteroatoms. The van der Waals surface area contributed by atoms with Gasteiger partial charge in [0.1, 0.15) is 18.2 Å². The van der Waals surface area contributed by atoms with Crippen molar-refractivity contribution in [2.75, 3.05) is 0 Å². The standard InChI is InChI=1S/C29H53NO5/c1-5-7-9-11-12-13-14-15-16-18-24(34-29(33)26(30-22-31)20-23(3)4)21-27-25(28(32)35-27)19-17-10-8-6-2/h22-27H,5-21H2,1-4H3,(H,30,31)/t24-,25+,26-,27-/m1/s1. The van der Waals surface area contributed by atoms with E-state index in [2.05, 4.69) is 19.2 Å². The molecule has 0 bridgehead atoms. The van der Waals surface area contributed by atoms with Gasteiger partial charge < -0.3 is 14.8 Å². The van der Waals surface area contributed by atoms with E-state index in [1.807, 2.05) is 13.8 Å². The van der Waals surface area contributed by atoms with Crippen molar-refractivity contribution in [3.63, 3.8) is 0 Å². The van der Waals surface area contributed by atoms with Crippen LogP contribution in [0.25, 0.3) is 0 Å². The lowest BCUT2D eigenvalue weighted by atomic mass is 9.86. The van der Waals surface area contributed by atoms with Crippen LogP contribution in [0.1, 0.15) is 137 Å². The van der Waals surface area contributed by atoms with E-state index in [-0.39, 0.29) is 36.0 Å². The quantitative estimate of drug-likeness (QED) is 0.0949. The predicted octanol–water partition coefficient (Wildman–Crippen LogP) is 6.88. The van der Waals surface area contributed by atoms with Gasteiger partial charge in [0.05, 0.1) is 5.92 Å². The van der Waals surface area contributed by atoms with E-state index in [0.717, 1.165) is 38.5 Å². The third kappa shape index (κ3) is 13.9.